The Morgan fingerprint density at radius 3 is 2.44 bits per heavy atom. The van der Waals surface area contributed by atoms with Crippen LogP contribution in [0, 0.1) is 6.92 Å². The van der Waals surface area contributed by atoms with E-state index in [2.05, 4.69) is 4.98 Å². The molecule has 1 aromatic rings. The second-order valence-corrected chi connectivity index (χ2v) is 4.87. The highest BCUT2D eigenvalue weighted by Gasteiger charge is 2.26. The summed E-state index contributed by atoms with van der Waals surface area (Å²) in [6.07, 6.45) is 0.827. The van der Waals surface area contributed by atoms with Gasteiger partial charge in [0.2, 0.25) is 0 Å². The molecule has 88 valence electrons. The van der Waals surface area contributed by atoms with Crippen molar-refractivity contribution in [2.75, 3.05) is 0 Å². The number of nitrogens with zero attached hydrogens (tertiary/aromatic N) is 2. The molecule has 4 nitrogen and oxygen atoms in total. The van der Waals surface area contributed by atoms with Crippen molar-refractivity contribution in [3.63, 3.8) is 0 Å². The van der Waals surface area contributed by atoms with Crippen LogP contribution in [0.3, 0.4) is 0 Å². The summed E-state index contributed by atoms with van der Waals surface area (Å²) < 4.78 is 0. The van der Waals surface area contributed by atoms with E-state index >= 15 is 0 Å². The molecule has 0 aliphatic heterocycles. The number of amides is 1. The van der Waals surface area contributed by atoms with Crippen molar-refractivity contribution >= 4 is 6.09 Å². The quantitative estimate of drug-likeness (QED) is 0.837. The average Bonchev–Trinajstić information content (AvgIpc) is 2.14. The molecule has 0 saturated heterocycles. The summed E-state index contributed by atoms with van der Waals surface area (Å²) in [5, 5.41) is 9.12. The smallest absolute Gasteiger partial charge is 0.408 e. The first-order valence-electron chi connectivity index (χ1n) is 5.23. The zero-order valence-corrected chi connectivity index (χ0v) is 10.2. The zero-order valence-electron chi connectivity index (χ0n) is 10.2. The molecule has 1 N–H and O–H groups in total. The maximum Gasteiger partial charge on any atom is 0.408 e. The van der Waals surface area contributed by atoms with Gasteiger partial charge in [-0.15, -0.1) is 0 Å². The third kappa shape index (κ3) is 3.22. The molecule has 0 aromatic carbocycles. The van der Waals surface area contributed by atoms with E-state index in [0.29, 0.717) is 6.54 Å². The van der Waals surface area contributed by atoms with Gasteiger partial charge in [-0.3, -0.25) is 9.88 Å². The number of carboxylic acid groups (broad SMARTS) is 1. The van der Waals surface area contributed by atoms with E-state index < -0.39 is 11.6 Å². The van der Waals surface area contributed by atoms with Crippen LogP contribution in [0.4, 0.5) is 4.79 Å². The Morgan fingerprint density at radius 2 is 2.06 bits per heavy atom. The van der Waals surface area contributed by atoms with E-state index in [-0.39, 0.29) is 0 Å². The molecule has 0 aliphatic rings. The molecule has 0 aliphatic carbocycles. The van der Waals surface area contributed by atoms with E-state index in [4.69, 9.17) is 5.11 Å². The zero-order chi connectivity index (χ0) is 12.3. The maximum atomic E-state index is 11.1. The van der Waals surface area contributed by atoms with Crippen LogP contribution in [-0.2, 0) is 6.54 Å². The van der Waals surface area contributed by atoms with Gasteiger partial charge in [-0.1, -0.05) is 6.07 Å². The van der Waals surface area contributed by atoms with Crippen LogP contribution < -0.4 is 0 Å². The Balaban J connectivity index is 2.84. The summed E-state index contributed by atoms with van der Waals surface area (Å²) in [4.78, 5) is 16.7. The fourth-order valence-corrected chi connectivity index (χ4v) is 1.35. The predicted octanol–water partition coefficient (Wildman–Crippen LogP) is 2.67. The molecule has 1 aromatic heterocycles. The molecule has 4 heteroatoms. The van der Waals surface area contributed by atoms with Gasteiger partial charge in [0, 0.05) is 11.7 Å². The first-order valence-corrected chi connectivity index (χ1v) is 5.23. The summed E-state index contributed by atoms with van der Waals surface area (Å²) in [5.41, 5.74) is 1.42. The molecule has 0 radical (unpaired) electrons. The van der Waals surface area contributed by atoms with Gasteiger partial charge < -0.3 is 5.11 Å². The van der Waals surface area contributed by atoms with Crippen molar-refractivity contribution < 1.29 is 9.90 Å². The second kappa shape index (κ2) is 4.51. The van der Waals surface area contributed by atoms with Gasteiger partial charge in [0.15, 0.2) is 0 Å². The summed E-state index contributed by atoms with van der Waals surface area (Å²) >= 11 is 0. The summed E-state index contributed by atoms with van der Waals surface area (Å²) in [6.45, 7) is 7.88. The van der Waals surface area contributed by atoms with Crippen LogP contribution >= 0.6 is 0 Å². The molecule has 0 fully saturated rings. The van der Waals surface area contributed by atoms with E-state index in [0.717, 1.165) is 11.3 Å². The minimum atomic E-state index is -0.921. The Morgan fingerprint density at radius 1 is 1.44 bits per heavy atom. The average molecular weight is 222 g/mol. The predicted molar refractivity (Wildman–Crippen MR) is 62.3 cm³/mol. The van der Waals surface area contributed by atoms with Gasteiger partial charge in [-0.05, 0) is 39.3 Å². The number of aryl methyl sites for hydroxylation is 1. The summed E-state index contributed by atoms with van der Waals surface area (Å²) in [7, 11) is 0. The third-order valence-electron chi connectivity index (χ3n) is 2.33. The van der Waals surface area contributed by atoms with E-state index in [1.165, 1.54) is 4.90 Å². The van der Waals surface area contributed by atoms with Gasteiger partial charge >= 0.3 is 6.09 Å². The highest BCUT2D eigenvalue weighted by molar-refractivity contribution is 5.65. The molecule has 0 saturated carbocycles. The highest BCUT2D eigenvalue weighted by Crippen LogP contribution is 2.16. The lowest BCUT2D eigenvalue weighted by Crippen LogP contribution is -2.44. The van der Waals surface area contributed by atoms with Crippen LogP contribution in [0.15, 0.2) is 18.3 Å². The minimum absolute atomic E-state index is 0.319. The molecular formula is C12H18N2O2. The lowest BCUT2D eigenvalue weighted by atomic mass is 10.1. The molecule has 1 rings (SSSR count). The fourth-order valence-electron chi connectivity index (χ4n) is 1.35. The lowest BCUT2D eigenvalue weighted by molar-refractivity contribution is 0.0947. The fraction of sp³-hybridized carbons (Fsp3) is 0.500. The number of aromatic nitrogens is 1. The highest BCUT2D eigenvalue weighted by atomic mass is 16.4. The van der Waals surface area contributed by atoms with Crippen molar-refractivity contribution in [1.29, 1.82) is 0 Å². The van der Waals surface area contributed by atoms with E-state index in [9.17, 15) is 4.79 Å². The molecule has 16 heavy (non-hydrogen) atoms. The van der Waals surface area contributed by atoms with E-state index in [1.807, 2.05) is 39.8 Å². The van der Waals surface area contributed by atoms with E-state index in [1.54, 1.807) is 6.20 Å². The van der Waals surface area contributed by atoms with Crippen molar-refractivity contribution in [3.05, 3.63) is 29.6 Å². The standard InChI is InChI=1S/C12H18N2O2/c1-9-5-6-10(13-7-9)8-14(11(15)16)12(2,3)4/h5-7H,8H2,1-4H3,(H,15,16). The van der Waals surface area contributed by atoms with Gasteiger partial charge in [0.05, 0.1) is 12.2 Å². The maximum absolute atomic E-state index is 11.1. The van der Waals surface area contributed by atoms with Crippen molar-refractivity contribution in [2.45, 2.75) is 39.8 Å². The number of hydrogen-bond acceptors (Lipinski definition) is 2. The Bertz CT molecular complexity index is 366. The number of rotatable bonds is 2. The number of pyridine rings is 1. The lowest BCUT2D eigenvalue weighted by Gasteiger charge is -2.32. The number of hydrogen-bond donors (Lipinski definition) is 1. The normalized spacial score (nSPS) is 11.2. The van der Waals surface area contributed by atoms with Crippen LogP contribution in [-0.4, -0.2) is 26.6 Å². The monoisotopic (exact) mass is 222 g/mol. The molecule has 1 amide bonds. The molecule has 1 heterocycles. The minimum Gasteiger partial charge on any atom is -0.465 e. The molecule has 0 unspecified atom stereocenters. The van der Waals surface area contributed by atoms with Gasteiger partial charge in [0.25, 0.3) is 0 Å². The topological polar surface area (TPSA) is 53.4 Å². The Kier molecular flexibility index (Phi) is 3.52. The van der Waals surface area contributed by atoms with Crippen molar-refractivity contribution in [2.24, 2.45) is 0 Å². The first-order chi connectivity index (χ1) is 7.30. The molecule has 0 atom stereocenters. The SMILES string of the molecule is Cc1ccc(CN(C(=O)O)C(C)(C)C)nc1. The van der Waals surface area contributed by atoms with Gasteiger partial charge in [0.1, 0.15) is 0 Å². The third-order valence-corrected chi connectivity index (χ3v) is 2.33. The van der Waals surface area contributed by atoms with Crippen LogP contribution in [0.5, 0.6) is 0 Å². The summed E-state index contributed by atoms with van der Waals surface area (Å²) in [5.74, 6) is 0. The van der Waals surface area contributed by atoms with Crippen molar-refractivity contribution in [1.82, 2.24) is 9.88 Å². The molecule has 0 bridgehead atoms. The second-order valence-electron chi connectivity index (χ2n) is 4.87. The molecule has 0 spiro atoms. The van der Waals surface area contributed by atoms with Crippen LogP contribution in [0.25, 0.3) is 0 Å². The van der Waals surface area contributed by atoms with Crippen molar-refractivity contribution in [3.8, 4) is 0 Å². The van der Waals surface area contributed by atoms with Crippen LogP contribution in [0.1, 0.15) is 32.0 Å². The largest absolute Gasteiger partial charge is 0.465 e. The van der Waals surface area contributed by atoms with Gasteiger partial charge in [-0.2, -0.15) is 0 Å². The van der Waals surface area contributed by atoms with Gasteiger partial charge in [-0.25, -0.2) is 4.79 Å². The number of carbonyl (C=O) groups is 1. The molecular weight excluding hydrogens is 204 g/mol. The first kappa shape index (κ1) is 12.5. The Labute approximate surface area is 95.9 Å². The summed E-state index contributed by atoms with van der Waals surface area (Å²) in [6, 6.07) is 3.79. The Hall–Kier alpha value is -1.58. The van der Waals surface area contributed by atoms with Crippen LogP contribution in [0.2, 0.25) is 0 Å².